The maximum absolute atomic E-state index is 12.8. The molecule has 0 aliphatic rings. The van der Waals surface area contributed by atoms with E-state index >= 15 is 0 Å². The topological polar surface area (TPSA) is 50.2 Å². The van der Waals surface area contributed by atoms with E-state index in [4.69, 9.17) is 5.11 Å². The molecule has 0 aliphatic heterocycles. The van der Waals surface area contributed by atoms with Crippen molar-refractivity contribution in [3.63, 3.8) is 0 Å². The third kappa shape index (κ3) is 3.23. The number of carboxylic acid groups (broad SMARTS) is 1. The van der Waals surface area contributed by atoms with Gasteiger partial charge in [0.05, 0.1) is 15.8 Å². The van der Waals surface area contributed by atoms with Crippen molar-refractivity contribution < 1.29 is 18.7 Å². The van der Waals surface area contributed by atoms with Gasteiger partial charge in [-0.05, 0) is 0 Å². The van der Waals surface area contributed by atoms with Crippen LogP contribution in [0.3, 0.4) is 0 Å². The number of aromatic nitrogens is 1. The van der Waals surface area contributed by atoms with E-state index in [1.807, 2.05) is 0 Å². The Labute approximate surface area is 89.8 Å². The summed E-state index contributed by atoms with van der Waals surface area (Å²) < 4.78 is 25.6. The molecule has 0 saturated heterocycles. The van der Waals surface area contributed by atoms with Gasteiger partial charge < -0.3 is 5.11 Å². The Balaban J connectivity index is 2.73. The summed E-state index contributed by atoms with van der Waals surface area (Å²) >= 11 is 0.861. The lowest BCUT2D eigenvalue weighted by molar-refractivity contribution is -0.141. The van der Waals surface area contributed by atoms with Gasteiger partial charge in [-0.2, -0.15) is 0 Å². The molecule has 1 aromatic rings. The number of nitrogens with zero attached hydrogens (tertiary/aromatic N) is 1. The number of rotatable bonds is 4. The number of alkyl halides is 2. The van der Waals surface area contributed by atoms with Crippen LogP contribution >= 0.6 is 11.3 Å². The summed E-state index contributed by atoms with van der Waals surface area (Å²) in [6.07, 6.45) is 1.30. The highest BCUT2D eigenvalue weighted by Gasteiger charge is 2.27. The van der Waals surface area contributed by atoms with Crippen LogP contribution in [-0.4, -0.2) is 16.1 Å². The molecule has 3 nitrogen and oxygen atoms in total. The first-order valence-electron chi connectivity index (χ1n) is 4.36. The summed E-state index contributed by atoms with van der Waals surface area (Å²) in [5.41, 5.74) is 0. The highest BCUT2D eigenvalue weighted by molar-refractivity contribution is 7.11. The van der Waals surface area contributed by atoms with E-state index in [-0.39, 0.29) is 11.3 Å². The second kappa shape index (κ2) is 4.22. The van der Waals surface area contributed by atoms with E-state index < -0.39 is 17.8 Å². The van der Waals surface area contributed by atoms with Crippen LogP contribution in [0.2, 0.25) is 0 Å². The lowest BCUT2D eigenvalue weighted by atomic mass is 10.1. The first kappa shape index (κ1) is 12.0. The average Bonchev–Trinajstić information content (AvgIpc) is 2.51. The molecular formula is C9H11F2NO2S. The molecule has 1 heterocycles. The summed E-state index contributed by atoms with van der Waals surface area (Å²) in [6, 6.07) is 0. The maximum Gasteiger partial charge on any atom is 0.306 e. The molecule has 0 radical (unpaired) electrons. The number of hydrogen-bond acceptors (Lipinski definition) is 3. The standard InChI is InChI=1S/C9H11F2NO2S/c1-5(8(13)14)3-7-12-4-6(15-7)9(2,10)11/h4-5H,3H2,1-2H3,(H,13,14). The van der Waals surface area contributed by atoms with Gasteiger partial charge in [-0.1, -0.05) is 6.92 Å². The Hall–Kier alpha value is -1.04. The molecule has 1 atom stereocenters. The van der Waals surface area contributed by atoms with Crippen molar-refractivity contribution in [3.8, 4) is 0 Å². The van der Waals surface area contributed by atoms with Crippen LogP contribution in [0, 0.1) is 5.92 Å². The number of thiazole rings is 1. The number of carboxylic acids is 1. The van der Waals surface area contributed by atoms with E-state index in [1.165, 1.54) is 6.92 Å². The minimum Gasteiger partial charge on any atom is -0.481 e. The van der Waals surface area contributed by atoms with Gasteiger partial charge >= 0.3 is 5.97 Å². The molecule has 0 saturated carbocycles. The number of halogens is 2. The monoisotopic (exact) mass is 235 g/mol. The molecule has 6 heteroatoms. The first-order chi connectivity index (χ1) is 6.80. The van der Waals surface area contributed by atoms with Crippen LogP contribution in [-0.2, 0) is 17.1 Å². The van der Waals surface area contributed by atoms with Crippen molar-refractivity contribution in [2.75, 3.05) is 0 Å². The van der Waals surface area contributed by atoms with E-state index in [1.54, 1.807) is 0 Å². The van der Waals surface area contributed by atoms with Gasteiger partial charge in [0.2, 0.25) is 0 Å². The Bertz CT molecular complexity index is 359. The average molecular weight is 235 g/mol. The molecule has 1 unspecified atom stereocenters. The predicted molar refractivity (Wildman–Crippen MR) is 52.2 cm³/mol. The second-order valence-electron chi connectivity index (χ2n) is 3.45. The van der Waals surface area contributed by atoms with E-state index in [2.05, 4.69) is 4.98 Å². The van der Waals surface area contributed by atoms with E-state index in [0.717, 1.165) is 24.5 Å². The van der Waals surface area contributed by atoms with Gasteiger partial charge in [0.15, 0.2) is 0 Å². The fourth-order valence-corrected chi connectivity index (χ4v) is 1.93. The zero-order valence-corrected chi connectivity index (χ0v) is 9.15. The van der Waals surface area contributed by atoms with Crippen LogP contribution in [0.1, 0.15) is 23.7 Å². The van der Waals surface area contributed by atoms with Crippen LogP contribution < -0.4 is 0 Å². The summed E-state index contributed by atoms with van der Waals surface area (Å²) in [4.78, 5) is 14.2. The van der Waals surface area contributed by atoms with Crippen molar-refractivity contribution in [1.82, 2.24) is 4.98 Å². The second-order valence-corrected chi connectivity index (χ2v) is 4.57. The Morgan fingerprint density at radius 3 is 2.73 bits per heavy atom. The molecule has 0 fully saturated rings. The highest BCUT2D eigenvalue weighted by Crippen LogP contribution is 2.32. The first-order valence-corrected chi connectivity index (χ1v) is 5.18. The molecule has 1 aromatic heterocycles. The molecule has 1 N–H and O–H groups in total. The predicted octanol–water partition coefficient (Wildman–Crippen LogP) is 2.52. The zero-order valence-electron chi connectivity index (χ0n) is 8.33. The largest absolute Gasteiger partial charge is 0.481 e. The third-order valence-electron chi connectivity index (χ3n) is 1.89. The third-order valence-corrected chi connectivity index (χ3v) is 3.08. The zero-order chi connectivity index (χ0) is 11.6. The van der Waals surface area contributed by atoms with E-state index in [9.17, 15) is 13.6 Å². The van der Waals surface area contributed by atoms with Crippen molar-refractivity contribution in [1.29, 1.82) is 0 Å². The van der Waals surface area contributed by atoms with Crippen molar-refractivity contribution in [2.45, 2.75) is 26.2 Å². The molecular weight excluding hydrogens is 224 g/mol. The summed E-state index contributed by atoms with van der Waals surface area (Å²) in [7, 11) is 0. The summed E-state index contributed by atoms with van der Waals surface area (Å²) in [5.74, 6) is -4.45. The molecule has 0 bridgehead atoms. The quantitative estimate of drug-likeness (QED) is 0.872. The van der Waals surface area contributed by atoms with Crippen LogP contribution in [0.15, 0.2) is 6.20 Å². The smallest absolute Gasteiger partial charge is 0.306 e. The number of carbonyl (C=O) groups is 1. The van der Waals surface area contributed by atoms with Crippen molar-refractivity contribution in [2.24, 2.45) is 5.92 Å². The van der Waals surface area contributed by atoms with Gasteiger partial charge in [0, 0.05) is 19.5 Å². The van der Waals surface area contributed by atoms with Crippen LogP contribution in [0.25, 0.3) is 0 Å². The van der Waals surface area contributed by atoms with Gasteiger partial charge in [0.25, 0.3) is 5.92 Å². The maximum atomic E-state index is 12.8. The molecule has 84 valence electrons. The molecule has 0 spiro atoms. The van der Waals surface area contributed by atoms with E-state index in [0.29, 0.717) is 5.01 Å². The van der Waals surface area contributed by atoms with Crippen molar-refractivity contribution >= 4 is 17.3 Å². The fourth-order valence-electron chi connectivity index (χ4n) is 0.957. The normalized spacial score (nSPS) is 13.9. The molecule has 0 amide bonds. The lowest BCUT2D eigenvalue weighted by Gasteiger charge is -2.05. The van der Waals surface area contributed by atoms with Crippen molar-refractivity contribution in [3.05, 3.63) is 16.1 Å². The Kier molecular flexibility index (Phi) is 3.38. The van der Waals surface area contributed by atoms with Gasteiger partial charge in [-0.3, -0.25) is 4.79 Å². The summed E-state index contributed by atoms with van der Waals surface area (Å²) in [6.45, 7) is 2.32. The Morgan fingerprint density at radius 2 is 2.33 bits per heavy atom. The highest BCUT2D eigenvalue weighted by atomic mass is 32.1. The minimum atomic E-state index is -2.90. The van der Waals surface area contributed by atoms with Crippen LogP contribution in [0.4, 0.5) is 8.78 Å². The molecule has 15 heavy (non-hydrogen) atoms. The number of hydrogen-bond donors (Lipinski definition) is 1. The van der Waals surface area contributed by atoms with Crippen LogP contribution in [0.5, 0.6) is 0 Å². The lowest BCUT2D eigenvalue weighted by Crippen LogP contribution is -2.11. The Morgan fingerprint density at radius 1 is 1.73 bits per heavy atom. The fraction of sp³-hybridized carbons (Fsp3) is 0.556. The minimum absolute atomic E-state index is 0.130. The van der Waals surface area contributed by atoms with Gasteiger partial charge in [0.1, 0.15) is 0 Å². The van der Waals surface area contributed by atoms with Gasteiger partial charge in [-0.15, -0.1) is 11.3 Å². The SMILES string of the molecule is CC(Cc1ncc(C(C)(F)F)s1)C(=O)O. The molecule has 0 aromatic carbocycles. The molecule has 1 rings (SSSR count). The molecule has 0 aliphatic carbocycles. The summed E-state index contributed by atoms with van der Waals surface area (Å²) in [5, 5.41) is 9.07. The number of aliphatic carboxylic acids is 1. The van der Waals surface area contributed by atoms with Gasteiger partial charge in [-0.25, -0.2) is 13.8 Å².